The summed E-state index contributed by atoms with van der Waals surface area (Å²) in [6, 6.07) is 2.24. The lowest BCUT2D eigenvalue weighted by atomic mass is 9.98. The lowest BCUT2D eigenvalue weighted by Crippen LogP contribution is -2.26. The summed E-state index contributed by atoms with van der Waals surface area (Å²) < 4.78 is 10.2. The van der Waals surface area contributed by atoms with Gasteiger partial charge >= 0.3 is 11.9 Å². The van der Waals surface area contributed by atoms with Gasteiger partial charge in [-0.2, -0.15) is 0 Å². The molecule has 0 saturated heterocycles. The fourth-order valence-corrected chi connectivity index (χ4v) is 2.48. The minimum absolute atomic E-state index is 0.0228. The molecule has 1 aliphatic rings. The molecule has 2 N–H and O–H groups in total. The van der Waals surface area contributed by atoms with Crippen LogP contribution in [0.2, 0.25) is 0 Å². The van der Waals surface area contributed by atoms with Crippen molar-refractivity contribution in [1.82, 2.24) is 0 Å². The summed E-state index contributed by atoms with van der Waals surface area (Å²) in [5.41, 5.74) is -0.00612. The van der Waals surface area contributed by atoms with Gasteiger partial charge in [0.05, 0.1) is 6.42 Å². The van der Waals surface area contributed by atoms with Crippen LogP contribution in [0.15, 0.2) is 12.1 Å². The van der Waals surface area contributed by atoms with Gasteiger partial charge in [0.15, 0.2) is 0 Å². The predicted molar refractivity (Wildman–Crippen MR) is 78.1 cm³/mol. The van der Waals surface area contributed by atoms with Crippen LogP contribution < -0.4 is 0 Å². The minimum atomic E-state index is -0.862. The number of benzene rings is 1. The third-order valence-electron chi connectivity index (χ3n) is 3.39. The third kappa shape index (κ3) is 4.21. The van der Waals surface area contributed by atoms with Crippen molar-refractivity contribution in [2.45, 2.75) is 45.3 Å². The van der Waals surface area contributed by atoms with E-state index in [1.807, 2.05) is 0 Å². The van der Waals surface area contributed by atoms with E-state index in [1.54, 1.807) is 6.92 Å². The smallest absolute Gasteiger partial charge is 0.342 e. The zero-order chi connectivity index (χ0) is 17.1. The molecule has 2 atom stereocenters. The summed E-state index contributed by atoms with van der Waals surface area (Å²) in [7, 11) is 0. The van der Waals surface area contributed by atoms with Crippen molar-refractivity contribution in [3.63, 3.8) is 0 Å². The maximum Gasteiger partial charge on any atom is 0.342 e. The first-order valence-electron chi connectivity index (χ1n) is 7.23. The van der Waals surface area contributed by atoms with Crippen LogP contribution in [-0.2, 0) is 25.5 Å². The number of fused-ring (bicyclic) bond motifs is 1. The van der Waals surface area contributed by atoms with Crippen molar-refractivity contribution in [2.24, 2.45) is 0 Å². The first-order valence-corrected chi connectivity index (χ1v) is 7.23. The number of aromatic hydroxyl groups is 2. The highest BCUT2D eigenvalue weighted by Gasteiger charge is 2.26. The van der Waals surface area contributed by atoms with Gasteiger partial charge in [-0.15, -0.1) is 0 Å². The Labute approximate surface area is 132 Å². The predicted octanol–water partition coefficient (Wildman–Crippen LogP) is 1.48. The van der Waals surface area contributed by atoms with E-state index in [9.17, 15) is 24.6 Å². The van der Waals surface area contributed by atoms with Gasteiger partial charge in [-0.25, -0.2) is 4.79 Å². The maximum absolute atomic E-state index is 12.2. The van der Waals surface area contributed by atoms with Crippen molar-refractivity contribution >= 4 is 17.7 Å². The van der Waals surface area contributed by atoms with Crippen LogP contribution in [0.5, 0.6) is 11.5 Å². The molecule has 0 aromatic heterocycles. The number of cyclic esters (lactones) is 2. The van der Waals surface area contributed by atoms with Crippen molar-refractivity contribution < 1.29 is 34.1 Å². The largest absolute Gasteiger partial charge is 0.508 e. The Balaban J connectivity index is 2.43. The van der Waals surface area contributed by atoms with Gasteiger partial charge in [-0.05, 0) is 25.5 Å². The number of ether oxygens (including phenoxy) is 2. The number of ketones is 1. The molecule has 0 spiro atoms. The van der Waals surface area contributed by atoms with Crippen LogP contribution in [0.1, 0.15) is 42.6 Å². The highest BCUT2D eigenvalue weighted by atomic mass is 16.6. The van der Waals surface area contributed by atoms with Crippen LogP contribution in [0, 0.1) is 0 Å². The van der Waals surface area contributed by atoms with Gasteiger partial charge in [-0.1, -0.05) is 0 Å². The highest BCUT2D eigenvalue weighted by molar-refractivity contribution is 5.96. The molecule has 1 heterocycles. The van der Waals surface area contributed by atoms with E-state index in [2.05, 4.69) is 0 Å². The maximum atomic E-state index is 12.2. The van der Waals surface area contributed by atoms with Gasteiger partial charge in [0.25, 0.3) is 0 Å². The summed E-state index contributed by atoms with van der Waals surface area (Å²) in [5, 5.41) is 19.5. The van der Waals surface area contributed by atoms with E-state index in [-0.39, 0.29) is 41.9 Å². The zero-order valence-corrected chi connectivity index (χ0v) is 12.9. The Kier molecular flexibility index (Phi) is 4.88. The Morgan fingerprint density at radius 1 is 1.00 bits per heavy atom. The van der Waals surface area contributed by atoms with Crippen LogP contribution >= 0.6 is 0 Å². The second-order valence-electron chi connectivity index (χ2n) is 5.64. The summed E-state index contributed by atoms with van der Waals surface area (Å²) in [6.45, 7) is 3.12. The SMILES string of the molecule is CC1CC(=O)Cc2cc(O)cc(O)c2C(=O)OC(C)CC(=O)O1. The molecule has 0 bridgehead atoms. The molecule has 1 aromatic rings. The number of carbonyl (C=O) groups excluding carboxylic acids is 3. The number of esters is 2. The number of carbonyl (C=O) groups is 3. The van der Waals surface area contributed by atoms with Gasteiger partial charge in [-0.3, -0.25) is 9.59 Å². The molecule has 7 nitrogen and oxygen atoms in total. The molecule has 23 heavy (non-hydrogen) atoms. The number of phenolic OH excluding ortho intramolecular Hbond substituents is 2. The molecule has 0 radical (unpaired) electrons. The Bertz CT molecular complexity index is 650. The lowest BCUT2D eigenvalue weighted by molar-refractivity contribution is -0.151. The molecular weight excluding hydrogens is 304 g/mol. The summed E-state index contributed by atoms with van der Waals surface area (Å²) >= 11 is 0. The summed E-state index contributed by atoms with van der Waals surface area (Å²) in [5.74, 6) is -2.46. The lowest BCUT2D eigenvalue weighted by Gasteiger charge is -2.19. The highest BCUT2D eigenvalue weighted by Crippen LogP contribution is 2.29. The van der Waals surface area contributed by atoms with Crippen molar-refractivity contribution in [3.8, 4) is 11.5 Å². The van der Waals surface area contributed by atoms with E-state index >= 15 is 0 Å². The third-order valence-corrected chi connectivity index (χ3v) is 3.39. The normalized spacial score (nSPS) is 23.1. The van der Waals surface area contributed by atoms with Gasteiger partial charge in [0, 0.05) is 18.9 Å². The molecule has 0 amide bonds. The van der Waals surface area contributed by atoms with Crippen LogP contribution in [0.3, 0.4) is 0 Å². The quantitative estimate of drug-likeness (QED) is 0.696. The van der Waals surface area contributed by atoms with Crippen LogP contribution in [0.25, 0.3) is 0 Å². The Morgan fingerprint density at radius 3 is 2.35 bits per heavy atom. The first kappa shape index (κ1) is 16.8. The van der Waals surface area contributed by atoms with Gasteiger partial charge in [0.1, 0.15) is 35.1 Å². The molecule has 124 valence electrons. The van der Waals surface area contributed by atoms with E-state index in [0.717, 1.165) is 6.07 Å². The van der Waals surface area contributed by atoms with E-state index in [1.165, 1.54) is 13.0 Å². The minimum Gasteiger partial charge on any atom is -0.508 e. The average molecular weight is 322 g/mol. The standard InChI is InChI=1S/C16H18O7/c1-8-3-11(17)5-10-6-12(18)7-13(19)15(10)16(21)23-9(2)4-14(20)22-8/h6-9,18-19H,3-5H2,1-2H3. The van der Waals surface area contributed by atoms with Gasteiger partial charge < -0.3 is 19.7 Å². The Morgan fingerprint density at radius 2 is 1.65 bits per heavy atom. The zero-order valence-electron chi connectivity index (χ0n) is 12.9. The molecule has 7 heteroatoms. The molecule has 2 unspecified atom stereocenters. The van der Waals surface area contributed by atoms with Gasteiger partial charge in [0.2, 0.25) is 0 Å². The molecule has 0 aliphatic carbocycles. The molecule has 0 saturated carbocycles. The van der Waals surface area contributed by atoms with E-state index in [4.69, 9.17) is 9.47 Å². The number of phenols is 2. The first-order chi connectivity index (χ1) is 10.8. The van der Waals surface area contributed by atoms with Crippen molar-refractivity contribution in [3.05, 3.63) is 23.3 Å². The fraction of sp³-hybridized carbons (Fsp3) is 0.438. The second kappa shape index (κ2) is 6.68. The monoisotopic (exact) mass is 322 g/mol. The van der Waals surface area contributed by atoms with E-state index in [0.29, 0.717) is 0 Å². The molecule has 1 aliphatic heterocycles. The van der Waals surface area contributed by atoms with Crippen LogP contribution in [0.4, 0.5) is 0 Å². The molecule has 0 fully saturated rings. The molecule has 2 rings (SSSR count). The fourth-order valence-electron chi connectivity index (χ4n) is 2.48. The van der Waals surface area contributed by atoms with E-state index < -0.39 is 29.9 Å². The number of Topliss-reactive ketones (excluding diaryl/α,β-unsaturated/α-hetero) is 1. The number of rotatable bonds is 0. The summed E-state index contributed by atoms with van der Waals surface area (Å²) in [4.78, 5) is 36.0. The topological polar surface area (TPSA) is 110 Å². The number of hydrogen-bond acceptors (Lipinski definition) is 7. The number of hydrogen-bond donors (Lipinski definition) is 2. The van der Waals surface area contributed by atoms with Crippen LogP contribution in [-0.4, -0.2) is 40.1 Å². The van der Waals surface area contributed by atoms with Crippen molar-refractivity contribution in [1.29, 1.82) is 0 Å². The molecule has 1 aromatic carbocycles. The summed E-state index contributed by atoms with van der Waals surface area (Å²) in [6.07, 6.45) is -1.73. The van der Waals surface area contributed by atoms with Crippen molar-refractivity contribution in [2.75, 3.05) is 0 Å². The second-order valence-corrected chi connectivity index (χ2v) is 5.64. The Hall–Kier alpha value is -2.57. The molecular formula is C16H18O7. The average Bonchev–Trinajstić information content (AvgIpc) is 2.34.